The molecule has 0 radical (unpaired) electrons. The number of nitrogens with one attached hydrogen (secondary N) is 2. The topological polar surface area (TPSA) is 143 Å². The standard InChI is InChI=1S/C13H19N3O7/c1-6-9(19)10(22-2)12(23-6)16-5-7(3-14-4-8(17)18)11(20)15-13(16)21/h5-6,9-10,12,14,19H,3-4H2,1-2H3,(H,17,18)(H,15,20,21). The van der Waals surface area contributed by atoms with E-state index in [9.17, 15) is 19.5 Å². The monoisotopic (exact) mass is 329 g/mol. The first-order chi connectivity index (χ1) is 10.8. The van der Waals surface area contributed by atoms with E-state index in [0.717, 1.165) is 4.57 Å². The molecule has 1 fully saturated rings. The Hall–Kier alpha value is -2.01. The molecular weight excluding hydrogens is 310 g/mol. The van der Waals surface area contributed by atoms with Crippen LogP contribution in [0.25, 0.3) is 0 Å². The average molecular weight is 329 g/mol. The smallest absolute Gasteiger partial charge is 0.330 e. The number of hydrogen-bond donors (Lipinski definition) is 4. The lowest BCUT2D eigenvalue weighted by Crippen LogP contribution is -2.40. The number of aromatic amines is 1. The van der Waals surface area contributed by atoms with Crippen LogP contribution >= 0.6 is 0 Å². The van der Waals surface area contributed by atoms with Gasteiger partial charge in [-0.3, -0.25) is 19.1 Å². The zero-order chi connectivity index (χ0) is 17.1. The Morgan fingerprint density at radius 3 is 2.83 bits per heavy atom. The second-order valence-corrected chi connectivity index (χ2v) is 5.24. The predicted molar refractivity (Wildman–Crippen MR) is 77.1 cm³/mol. The number of carboxylic acid groups (broad SMARTS) is 1. The molecule has 1 aliphatic rings. The summed E-state index contributed by atoms with van der Waals surface area (Å²) in [6.45, 7) is 1.28. The minimum atomic E-state index is -1.06. The Balaban J connectivity index is 2.30. The molecule has 10 nitrogen and oxygen atoms in total. The molecule has 128 valence electrons. The fraction of sp³-hybridized carbons (Fsp3) is 0.615. The van der Waals surface area contributed by atoms with Gasteiger partial charge in [-0.15, -0.1) is 0 Å². The van der Waals surface area contributed by atoms with Crippen LogP contribution in [0, 0.1) is 0 Å². The number of aliphatic hydroxyl groups excluding tert-OH is 1. The second kappa shape index (κ2) is 7.04. The van der Waals surface area contributed by atoms with Gasteiger partial charge in [-0.2, -0.15) is 0 Å². The van der Waals surface area contributed by atoms with Crippen molar-refractivity contribution in [2.45, 2.75) is 38.0 Å². The number of aromatic nitrogens is 2. The number of methoxy groups -OCH3 is 1. The van der Waals surface area contributed by atoms with Gasteiger partial charge in [0.1, 0.15) is 12.2 Å². The summed E-state index contributed by atoms with van der Waals surface area (Å²) in [4.78, 5) is 36.4. The summed E-state index contributed by atoms with van der Waals surface area (Å²) in [5.74, 6) is -1.06. The van der Waals surface area contributed by atoms with E-state index in [2.05, 4.69) is 10.3 Å². The number of carboxylic acids is 1. The molecule has 4 N–H and O–H groups in total. The van der Waals surface area contributed by atoms with Crippen molar-refractivity contribution in [3.8, 4) is 0 Å². The first kappa shape index (κ1) is 17.3. The molecule has 0 spiro atoms. The van der Waals surface area contributed by atoms with Crippen LogP contribution in [-0.2, 0) is 20.8 Å². The van der Waals surface area contributed by atoms with E-state index in [1.165, 1.54) is 13.3 Å². The maximum absolute atomic E-state index is 12.0. The third-order valence-electron chi connectivity index (χ3n) is 3.63. The molecule has 2 rings (SSSR count). The van der Waals surface area contributed by atoms with E-state index in [1.807, 2.05) is 0 Å². The summed E-state index contributed by atoms with van der Waals surface area (Å²) in [6.07, 6.45) is -1.85. The number of carbonyl (C=O) groups is 1. The molecule has 0 bridgehead atoms. The van der Waals surface area contributed by atoms with Gasteiger partial charge in [0, 0.05) is 25.4 Å². The highest BCUT2D eigenvalue weighted by molar-refractivity contribution is 5.68. The number of hydrogen-bond acceptors (Lipinski definition) is 7. The van der Waals surface area contributed by atoms with Crippen LogP contribution < -0.4 is 16.6 Å². The molecular formula is C13H19N3O7. The number of ether oxygens (including phenoxy) is 2. The highest BCUT2D eigenvalue weighted by Gasteiger charge is 2.43. The van der Waals surface area contributed by atoms with Gasteiger partial charge in [0.2, 0.25) is 0 Å². The van der Waals surface area contributed by atoms with Crippen LogP contribution in [0.15, 0.2) is 15.8 Å². The third kappa shape index (κ3) is 3.67. The molecule has 10 heteroatoms. The minimum Gasteiger partial charge on any atom is -0.480 e. The van der Waals surface area contributed by atoms with Crippen molar-refractivity contribution in [1.82, 2.24) is 14.9 Å². The Kier molecular flexibility index (Phi) is 5.31. The lowest BCUT2D eigenvalue weighted by Gasteiger charge is -2.21. The summed E-state index contributed by atoms with van der Waals surface area (Å²) in [5.41, 5.74) is -1.16. The van der Waals surface area contributed by atoms with Crippen LogP contribution in [0.5, 0.6) is 0 Å². The molecule has 4 atom stereocenters. The molecule has 23 heavy (non-hydrogen) atoms. The fourth-order valence-corrected chi connectivity index (χ4v) is 2.44. The molecule has 0 aromatic carbocycles. The third-order valence-corrected chi connectivity index (χ3v) is 3.63. The van der Waals surface area contributed by atoms with Gasteiger partial charge >= 0.3 is 11.7 Å². The Morgan fingerprint density at radius 1 is 1.52 bits per heavy atom. The van der Waals surface area contributed by atoms with E-state index in [4.69, 9.17) is 14.6 Å². The molecule has 1 aromatic heterocycles. The number of aliphatic hydroxyl groups is 1. The highest BCUT2D eigenvalue weighted by Crippen LogP contribution is 2.29. The predicted octanol–water partition coefficient (Wildman–Crippen LogP) is -2.00. The highest BCUT2D eigenvalue weighted by atomic mass is 16.6. The molecule has 4 unspecified atom stereocenters. The van der Waals surface area contributed by atoms with Crippen LogP contribution in [0.3, 0.4) is 0 Å². The zero-order valence-electron chi connectivity index (χ0n) is 12.7. The maximum Gasteiger partial charge on any atom is 0.330 e. The minimum absolute atomic E-state index is 0.0373. The van der Waals surface area contributed by atoms with Crippen molar-refractivity contribution >= 4 is 5.97 Å². The van der Waals surface area contributed by atoms with E-state index in [1.54, 1.807) is 6.92 Å². The molecule has 0 amide bonds. The van der Waals surface area contributed by atoms with Crippen molar-refractivity contribution in [2.75, 3.05) is 13.7 Å². The van der Waals surface area contributed by atoms with E-state index < -0.39 is 41.8 Å². The largest absolute Gasteiger partial charge is 0.480 e. The van der Waals surface area contributed by atoms with Gasteiger partial charge in [-0.1, -0.05) is 0 Å². The van der Waals surface area contributed by atoms with Crippen molar-refractivity contribution in [3.05, 3.63) is 32.6 Å². The van der Waals surface area contributed by atoms with Gasteiger partial charge in [0.15, 0.2) is 6.23 Å². The van der Waals surface area contributed by atoms with Gasteiger partial charge < -0.3 is 25.0 Å². The number of aliphatic carboxylic acids is 1. The fourth-order valence-electron chi connectivity index (χ4n) is 2.44. The number of nitrogens with zero attached hydrogens (tertiary/aromatic N) is 1. The molecule has 1 aromatic rings. The summed E-state index contributed by atoms with van der Waals surface area (Å²) in [6, 6.07) is 0. The van der Waals surface area contributed by atoms with Crippen LogP contribution in [-0.4, -0.2) is 57.7 Å². The summed E-state index contributed by atoms with van der Waals surface area (Å²) < 4.78 is 11.8. The average Bonchev–Trinajstić information content (AvgIpc) is 2.76. The normalized spacial score (nSPS) is 27.3. The lowest BCUT2D eigenvalue weighted by molar-refractivity contribution is -0.136. The van der Waals surface area contributed by atoms with Crippen molar-refractivity contribution < 1.29 is 24.5 Å². The van der Waals surface area contributed by atoms with Crippen LogP contribution in [0.1, 0.15) is 18.7 Å². The lowest BCUT2D eigenvalue weighted by atomic mass is 10.1. The van der Waals surface area contributed by atoms with Gasteiger partial charge in [0.05, 0.1) is 12.6 Å². The SMILES string of the molecule is COC1C(O)C(C)OC1n1cc(CNCC(=O)O)c(=O)[nH]c1=O. The maximum atomic E-state index is 12.0. The van der Waals surface area contributed by atoms with Crippen molar-refractivity contribution in [3.63, 3.8) is 0 Å². The first-order valence-electron chi connectivity index (χ1n) is 6.98. The molecule has 1 aliphatic heterocycles. The van der Waals surface area contributed by atoms with Gasteiger partial charge in [-0.25, -0.2) is 4.79 Å². The van der Waals surface area contributed by atoms with Crippen LogP contribution in [0.2, 0.25) is 0 Å². The Bertz CT molecular complexity index is 683. The summed E-state index contributed by atoms with van der Waals surface area (Å²) in [7, 11) is 1.38. The van der Waals surface area contributed by atoms with Crippen molar-refractivity contribution in [2.24, 2.45) is 0 Å². The molecule has 0 aliphatic carbocycles. The summed E-state index contributed by atoms with van der Waals surface area (Å²) in [5, 5.41) is 21.1. The van der Waals surface area contributed by atoms with E-state index >= 15 is 0 Å². The van der Waals surface area contributed by atoms with Crippen LogP contribution in [0.4, 0.5) is 0 Å². The number of rotatable bonds is 6. The number of H-pyrrole nitrogens is 1. The zero-order valence-corrected chi connectivity index (χ0v) is 12.7. The first-order valence-corrected chi connectivity index (χ1v) is 6.98. The molecule has 1 saturated heterocycles. The molecule has 0 saturated carbocycles. The summed E-state index contributed by atoms with van der Waals surface area (Å²) >= 11 is 0. The van der Waals surface area contributed by atoms with E-state index in [-0.39, 0.29) is 18.7 Å². The molecule has 2 heterocycles. The Labute approximate surface area is 130 Å². The Morgan fingerprint density at radius 2 is 2.22 bits per heavy atom. The second-order valence-electron chi connectivity index (χ2n) is 5.24. The van der Waals surface area contributed by atoms with Crippen molar-refractivity contribution in [1.29, 1.82) is 0 Å². The quantitative estimate of drug-likeness (QED) is 0.469. The van der Waals surface area contributed by atoms with E-state index in [0.29, 0.717) is 0 Å². The van der Waals surface area contributed by atoms with Gasteiger partial charge in [0.25, 0.3) is 5.56 Å². The van der Waals surface area contributed by atoms with Gasteiger partial charge in [-0.05, 0) is 6.92 Å².